The van der Waals surface area contributed by atoms with Crippen LogP contribution >= 0.6 is 0 Å². The zero-order chi connectivity index (χ0) is 19.8. The molecule has 144 valence electrons. The number of amides is 3. The molecule has 27 heavy (non-hydrogen) atoms. The first-order chi connectivity index (χ1) is 12.9. The van der Waals surface area contributed by atoms with Crippen LogP contribution in [0.5, 0.6) is 5.75 Å². The van der Waals surface area contributed by atoms with Crippen LogP contribution < -0.4 is 20.7 Å². The molecule has 0 saturated heterocycles. The highest BCUT2D eigenvalue weighted by atomic mass is 16.5. The second kappa shape index (κ2) is 9.62. The fourth-order valence-electron chi connectivity index (χ4n) is 3.00. The van der Waals surface area contributed by atoms with Gasteiger partial charge >= 0.3 is 6.03 Å². The average Bonchev–Trinajstić information content (AvgIpc) is 2.63. The molecule has 0 aliphatic carbocycles. The van der Waals surface area contributed by atoms with Gasteiger partial charge in [0.2, 0.25) is 5.91 Å². The number of carbonyl (C=O) groups excluding carboxylic acids is 2. The topological polar surface area (TPSA) is 79.5 Å². The van der Waals surface area contributed by atoms with Gasteiger partial charge in [-0.2, -0.15) is 0 Å². The molecular weight excluding hydrogens is 342 g/mol. The van der Waals surface area contributed by atoms with Gasteiger partial charge in [-0.05, 0) is 49.9 Å². The van der Waals surface area contributed by atoms with E-state index in [-0.39, 0.29) is 18.5 Å². The molecule has 6 nitrogen and oxygen atoms in total. The van der Waals surface area contributed by atoms with E-state index < -0.39 is 0 Å². The van der Waals surface area contributed by atoms with Crippen molar-refractivity contribution in [3.63, 3.8) is 0 Å². The van der Waals surface area contributed by atoms with E-state index in [2.05, 4.69) is 16.0 Å². The normalized spacial score (nSPS) is 10.2. The number of nitrogens with one attached hydrogen (secondary N) is 3. The average molecular weight is 369 g/mol. The molecule has 0 saturated carbocycles. The Morgan fingerprint density at radius 3 is 2.33 bits per heavy atom. The lowest BCUT2D eigenvalue weighted by Gasteiger charge is -2.13. The molecule has 0 aliphatic heterocycles. The van der Waals surface area contributed by atoms with Gasteiger partial charge in [0.15, 0.2) is 0 Å². The van der Waals surface area contributed by atoms with Crippen molar-refractivity contribution in [1.82, 2.24) is 10.6 Å². The molecule has 2 aromatic rings. The lowest BCUT2D eigenvalue weighted by molar-refractivity contribution is -0.115. The zero-order valence-corrected chi connectivity index (χ0v) is 16.3. The molecule has 0 radical (unpaired) electrons. The highest BCUT2D eigenvalue weighted by molar-refractivity contribution is 5.95. The van der Waals surface area contributed by atoms with E-state index >= 15 is 0 Å². The predicted octanol–water partition coefficient (Wildman–Crippen LogP) is 3.10. The summed E-state index contributed by atoms with van der Waals surface area (Å²) in [7, 11) is 1.62. The first kappa shape index (κ1) is 20.3. The molecule has 2 aromatic carbocycles. The first-order valence-electron chi connectivity index (χ1n) is 8.92. The zero-order valence-electron chi connectivity index (χ0n) is 16.3. The van der Waals surface area contributed by atoms with Gasteiger partial charge in [-0.1, -0.05) is 35.9 Å². The molecule has 0 fully saturated rings. The van der Waals surface area contributed by atoms with E-state index in [9.17, 15) is 9.59 Å². The number of anilines is 1. The summed E-state index contributed by atoms with van der Waals surface area (Å²) in [6, 6.07) is 11.3. The van der Waals surface area contributed by atoms with Crippen molar-refractivity contribution in [1.29, 1.82) is 0 Å². The van der Waals surface area contributed by atoms with Gasteiger partial charge in [-0.3, -0.25) is 4.79 Å². The van der Waals surface area contributed by atoms with Gasteiger partial charge in [0, 0.05) is 12.2 Å². The van der Waals surface area contributed by atoms with E-state index in [0.717, 1.165) is 33.7 Å². The maximum absolute atomic E-state index is 12.1. The Hall–Kier alpha value is -3.02. The monoisotopic (exact) mass is 369 g/mol. The third-order valence-electron chi connectivity index (χ3n) is 4.22. The number of ether oxygens (including phenoxy) is 1. The molecule has 0 aromatic heterocycles. The van der Waals surface area contributed by atoms with E-state index in [0.29, 0.717) is 13.0 Å². The standard InChI is InChI=1S/C21H27N3O3/c1-14-11-15(2)20(16(3)12-14)24-19(25)13-23-21(26)22-10-9-17-7-5-6-8-18(17)27-4/h5-8,11-12H,9-10,13H2,1-4H3,(H,24,25)(H2,22,23,26). The smallest absolute Gasteiger partial charge is 0.315 e. The number of hydrogen-bond acceptors (Lipinski definition) is 3. The van der Waals surface area contributed by atoms with Gasteiger partial charge in [-0.15, -0.1) is 0 Å². The minimum atomic E-state index is -0.377. The van der Waals surface area contributed by atoms with Crippen LogP contribution in [0.3, 0.4) is 0 Å². The van der Waals surface area contributed by atoms with Crippen LogP contribution in [0.1, 0.15) is 22.3 Å². The number of hydrogen-bond donors (Lipinski definition) is 3. The number of para-hydroxylation sites is 1. The van der Waals surface area contributed by atoms with Gasteiger partial charge in [0.25, 0.3) is 0 Å². The molecule has 0 unspecified atom stereocenters. The van der Waals surface area contributed by atoms with Crippen molar-refractivity contribution < 1.29 is 14.3 Å². The Morgan fingerprint density at radius 1 is 1.00 bits per heavy atom. The van der Waals surface area contributed by atoms with Crippen LogP contribution in [-0.4, -0.2) is 32.1 Å². The summed E-state index contributed by atoms with van der Waals surface area (Å²) in [4.78, 5) is 24.0. The summed E-state index contributed by atoms with van der Waals surface area (Å²) in [5, 5.41) is 8.18. The molecule has 0 aliphatic rings. The largest absolute Gasteiger partial charge is 0.496 e. The van der Waals surface area contributed by atoms with Crippen LogP contribution in [-0.2, 0) is 11.2 Å². The van der Waals surface area contributed by atoms with E-state index in [1.807, 2.05) is 57.2 Å². The summed E-state index contributed by atoms with van der Waals surface area (Å²) < 4.78 is 5.28. The third kappa shape index (κ3) is 6.02. The fourth-order valence-corrected chi connectivity index (χ4v) is 3.00. The lowest BCUT2D eigenvalue weighted by atomic mass is 10.1. The van der Waals surface area contributed by atoms with Crippen molar-refractivity contribution >= 4 is 17.6 Å². The third-order valence-corrected chi connectivity index (χ3v) is 4.22. The number of carbonyl (C=O) groups is 2. The highest BCUT2D eigenvalue weighted by Gasteiger charge is 2.10. The van der Waals surface area contributed by atoms with Crippen molar-refractivity contribution in [2.75, 3.05) is 25.5 Å². The van der Waals surface area contributed by atoms with Crippen molar-refractivity contribution in [3.8, 4) is 5.75 Å². The maximum Gasteiger partial charge on any atom is 0.315 e. The molecule has 0 atom stereocenters. The summed E-state index contributed by atoms with van der Waals surface area (Å²) >= 11 is 0. The van der Waals surface area contributed by atoms with Crippen LogP contribution in [0.4, 0.5) is 10.5 Å². The number of aryl methyl sites for hydroxylation is 3. The van der Waals surface area contributed by atoms with Gasteiger partial charge in [0.1, 0.15) is 5.75 Å². The minimum Gasteiger partial charge on any atom is -0.496 e. The molecule has 0 spiro atoms. The van der Waals surface area contributed by atoms with Crippen LogP contribution in [0.15, 0.2) is 36.4 Å². The van der Waals surface area contributed by atoms with Gasteiger partial charge < -0.3 is 20.7 Å². The Balaban J connectivity index is 1.76. The Morgan fingerprint density at radius 2 is 1.67 bits per heavy atom. The first-order valence-corrected chi connectivity index (χ1v) is 8.92. The molecular formula is C21H27N3O3. The summed E-state index contributed by atoms with van der Waals surface area (Å²) in [5.74, 6) is 0.535. The summed E-state index contributed by atoms with van der Waals surface area (Å²) in [5.41, 5.74) is 4.96. The molecule has 0 heterocycles. The molecule has 3 N–H and O–H groups in total. The number of methoxy groups -OCH3 is 1. The summed E-state index contributed by atoms with van der Waals surface area (Å²) in [6.45, 7) is 6.28. The molecule has 6 heteroatoms. The van der Waals surface area contributed by atoms with E-state index in [4.69, 9.17) is 4.74 Å². The summed E-state index contributed by atoms with van der Waals surface area (Å²) in [6.07, 6.45) is 0.644. The van der Waals surface area contributed by atoms with Crippen molar-refractivity contribution in [3.05, 3.63) is 58.7 Å². The highest BCUT2D eigenvalue weighted by Crippen LogP contribution is 2.21. The lowest BCUT2D eigenvalue weighted by Crippen LogP contribution is -2.40. The van der Waals surface area contributed by atoms with Crippen molar-refractivity contribution in [2.45, 2.75) is 27.2 Å². The van der Waals surface area contributed by atoms with Crippen LogP contribution in [0, 0.1) is 20.8 Å². The van der Waals surface area contributed by atoms with Gasteiger partial charge in [0.05, 0.1) is 13.7 Å². The quantitative estimate of drug-likeness (QED) is 0.702. The number of rotatable bonds is 7. The Kier molecular flexibility index (Phi) is 7.23. The minimum absolute atomic E-state index is 0.0900. The van der Waals surface area contributed by atoms with E-state index in [1.165, 1.54) is 0 Å². The molecule has 2 rings (SSSR count). The second-order valence-corrected chi connectivity index (χ2v) is 6.49. The Bertz CT molecular complexity index is 795. The van der Waals surface area contributed by atoms with Crippen LogP contribution in [0.2, 0.25) is 0 Å². The van der Waals surface area contributed by atoms with Crippen molar-refractivity contribution in [2.24, 2.45) is 0 Å². The molecule has 3 amide bonds. The van der Waals surface area contributed by atoms with Gasteiger partial charge in [-0.25, -0.2) is 4.79 Å². The second-order valence-electron chi connectivity index (χ2n) is 6.49. The number of benzene rings is 2. The Labute approximate surface area is 160 Å². The predicted molar refractivity (Wildman–Crippen MR) is 107 cm³/mol. The molecule has 0 bridgehead atoms. The van der Waals surface area contributed by atoms with E-state index in [1.54, 1.807) is 7.11 Å². The fraction of sp³-hybridized carbons (Fsp3) is 0.333. The SMILES string of the molecule is COc1ccccc1CCNC(=O)NCC(=O)Nc1c(C)cc(C)cc1C. The van der Waals surface area contributed by atoms with Crippen LogP contribution in [0.25, 0.3) is 0 Å². The number of urea groups is 1. The maximum atomic E-state index is 12.1.